The summed E-state index contributed by atoms with van der Waals surface area (Å²) in [6.07, 6.45) is -4.43. The molecule has 7 heteroatoms. The van der Waals surface area contributed by atoms with Crippen LogP contribution in [0.5, 0.6) is 0 Å². The molecule has 0 atom stereocenters. The predicted molar refractivity (Wildman–Crippen MR) is 122 cm³/mol. The molecule has 33 heavy (non-hydrogen) atoms. The first kappa shape index (κ1) is 22.6. The van der Waals surface area contributed by atoms with Gasteiger partial charge in [0.15, 0.2) is 0 Å². The summed E-state index contributed by atoms with van der Waals surface area (Å²) >= 11 is 0. The largest absolute Gasteiger partial charge is 0.416 e. The maximum absolute atomic E-state index is 12.9. The first-order chi connectivity index (χ1) is 15.4. The monoisotopic (exact) mass is 452 g/mol. The SMILES string of the molecule is CC(C)(C)c1ccc(CN2C(=O)C(=O)c3cccc(Nc4ccc(C(F)(F)F)cc4)c32)cc1. The molecule has 0 fully saturated rings. The fraction of sp³-hybridized carbons (Fsp3) is 0.231. The lowest BCUT2D eigenvalue weighted by Gasteiger charge is -2.22. The van der Waals surface area contributed by atoms with E-state index in [1.165, 1.54) is 17.0 Å². The van der Waals surface area contributed by atoms with Crippen molar-refractivity contribution in [2.75, 3.05) is 10.2 Å². The van der Waals surface area contributed by atoms with Gasteiger partial charge in [-0.05, 0) is 52.9 Å². The molecule has 1 aliphatic rings. The average molecular weight is 452 g/mol. The molecular weight excluding hydrogens is 429 g/mol. The third-order valence-electron chi connectivity index (χ3n) is 5.64. The fourth-order valence-electron chi connectivity index (χ4n) is 3.80. The summed E-state index contributed by atoms with van der Waals surface area (Å²) in [5.41, 5.74) is 2.83. The minimum atomic E-state index is -4.43. The summed E-state index contributed by atoms with van der Waals surface area (Å²) in [4.78, 5) is 26.8. The second kappa shape index (κ2) is 8.06. The van der Waals surface area contributed by atoms with Crippen molar-refractivity contribution < 1.29 is 22.8 Å². The molecule has 0 saturated heterocycles. The van der Waals surface area contributed by atoms with Gasteiger partial charge in [0.2, 0.25) is 0 Å². The van der Waals surface area contributed by atoms with Gasteiger partial charge >= 0.3 is 6.18 Å². The van der Waals surface area contributed by atoms with Gasteiger partial charge in [0.05, 0.1) is 29.0 Å². The molecule has 0 unspecified atom stereocenters. The van der Waals surface area contributed by atoms with Gasteiger partial charge in [-0.15, -0.1) is 0 Å². The minimum absolute atomic E-state index is 0.0106. The maximum atomic E-state index is 12.9. The van der Waals surface area contributed by atoms with Gasteiger partial charge in [0.1, 0.15) is 0 Å². The summed E-state index contributed by atoms with van der Waals surface area (Å²) in [6.45, 7) is 6.54. The molecule has 0 spiro atoms. The standard InChI is InChI=1S/C26H23F3N2O2/c1-25(2,3)17-9-7-16(8-10-17)15-31-22-20(23(32)24(31)33)5-4-6-21(22)30-19-13-11-18(12-14-19)26(27,28)29/h4-14,30H,15H2,1-3H3. The summed E-state index contributed by atoms with van der Waals surface area (Å²) in [5.74, 6) is -1.24. The Morgan fingerprint density at radius 2 is 1.42 bits per heavy atom. The van der Waals surface area contributed by atoms with Crippen molar-refractivity contribution in [3.63, 3.8) is 0 Å². The first-order valence-corrected chi connectivity index (χ1v) is 10.5. The van der Waals surface area contributed by atoms with Crippen LogP contribution in [0.4, 0.5) is 30.2 Å². The first-order valence-electron chi connectivity index (χ1n) is 10.5. The number of ketones is 1. The number of anilines is 3. The van der Waals surface area contributed by atoms with Crippen molar-refractivity contribution in [3.8, 4) is 0 Å². The highest BCUT2D eigenvalue weighted by Gasteiger charge is 2.37. The Morgan fingerprint density at radius 3 is 2.00 bits per heavy atom. The molecule has 0 bridgehead atoms. The Labute approximate surface area is 190 Å². The van der Waals surface area contributed by atoms with Crippen LogP contribution in [0.25, 0.3) is 0 Å². The van der Waals surface area contributed by atoms with E-state index in [-0.39, 0.29) is 17.5 Å². The molecule has 3 aromatic carbocycles. The van der Waals surface area contributed by atoms with Crippen LogP contribution in [0.1, 0.15) is 47.8 Å². The van der Waals surface area contributed by atoms with E-state index in [0.717, 1.165) is 23.3 Å². The van der Waals surface area contributed by atoms with E-state index in [4.69, 9.17) is 0 Å². The molecule has 0 aliphatic carbocycles. The molecule has 1 N–H and O–H groups in total. The van der Waals surface area contributed by atoms with Crippen LogP contribution < -0.4 is 10.2 Å². The molecule has 0 saturated carbocycles. The smallest absolute Gasteiger partial charge is 0.354 e. The minimum Gasteiger partial charge on any atom is -0.354 e. The number of Topliss-reactive ketones (excluding diaryl/α,β-unsaturated/α-hetero) is 1. The summed E-state index contributed by atoms with van der Waals surface area (Å²) in [6, 6.07) is 17.4. The lowest BCUT2D eigenvalue weighted by atomic mass is 9.87. The van der Waals surface area contributed by atoms with E-state index in [0.29, 0.717) is 17.1 Å². The number of rotatable bonds is 4. The van der Waals surface area contributed by atoms with Gasteiger partial charge in [-0.25, -0.2) is 0 Å². The number of fused-ring (bicyclic) bond motifs is 1. The van der Waals surface area contributed by atoms with Crippen molar-refractivity contribution in [2.45, 2.75) is 38.9 Å². The van der Waals surface area contributed by atoms with Crippen molar-refractivity contribution in [3.05, 3.63) is 89.0 Å². The van der Waals surface area contributed by atoms with E-state index in [9.17, 15) is 22.8 Å². The van der Waals surface area contributed by atoms with Crippen molar-refractivity contribution in [2.24, 2.45) is 0 Å². The molecule has 170 valence electrons. The number of amides is 1. The Balaban J connectivity index is 1.64. The van der Waals surface area contributed by atoms with Crippen LogP contribution in [-0.4, -0.2) is 11.7 Å². The predicted octanol–water partition coefficient (Wildman–Crippen LogP) is 6.48. The Bertz CT molecular complexity index is 1210. The van der Waals surface area contributed by atoms with E-state index in [1.807, 2.05) is 24.3 Å². The van der Waals surface area contributed by atoms with E-state index in [1.54, 1.807) is 18.2 Å². The van der Waals surface area contributed by atoms with Crippen molar-refractivity contribution in [1.29, 1.82) is 0 Å². The number of nitrogens with zero attached hydrogens (tertiary/aromatic N) is 1. The maximum Gasteiger partial charge on any atom is 0.416 e. The molecule has 1 amide bonds. The van der Waals surface area contributed by atoms with Crippen molar-refractivity contribution in [1.82, 2.24) is 0 Å². The molecular formula is C26H23F3N2O2. The third-order valence-corrected chi connectivity index (χ3v) is 5.64. The van der Waals surface area contributed by atoms with Crippen molar-refractivity contribution >= 4 is 28.8 Å². The van der Waals surface area contributed by atoms with Crippen LogP contribution in [0.15, 0.2) is 66.7 Å². The lowest BCUT2D eigenvalue weighted by molar-refractivity contribution is -0.137. The molecule has 4 nitrogen and oxygen atoms in total. The van der Waals surface area contributed by atoms with Crippen LogP contribution >= 0.6 is 0 Å². The number of nitrogens with one attached hydrogen (secondary N) is 1. The van der Waals surface area contributed by atoms with E-state index < -0.39 is 23.4 Å². The van der Waals surface area contributed by atoms with Gasteiger partial charge in [-0.3, -0.25) is 14.5 Å². The van der Waals surface area contributed by atoms with Gasteiger partial charge < -0.3 is 5.32 Å². The van der Waals surface area contributed by atoms with E-state index >= 15 is 0 Å². The highest BCUT2D eigenvalue weighted by molar-refractivity contribution is 6.52. The zero-order chi connectivity index (χ0) is 24.0. The quantitative estimate of drug-likeness (QED) is 0.461. The van der Waals surface area contributed by atoms with E-state index in [2.05, 4.69) is 26.1 Å². The fourth-order valence-corrected chi connectivity index (χ4v) is 3.80. The normalized spacial score (nSPS) is 13.9. The Morgan fingerprint density at radius 1 is 0.818 bits per heavy atom. The number of alkyl halides is 3. The number of carbonyl (C=O) groups excluding carboxylic acids is 2. The molecule has 3 aromatic rings. The highest BCUT2D eigenvalue weighted by Crippen LogP contribution is 2.39. The highest BCUT2D eigenvalue weighted by atomic mass is 19.4. The third kappa shape index (κ3) is 4.49. The summed E-state index contributed by atoms with van der Waals surface area (Å²) in [7, 11) is 0. The average Bonchev–Trinajstić information content (AvgIpc) is 2.99. The number of hydrogen-bond donors (Lipinski definition) is 1. The number of hydrogen-bond acceptors (Lipinski definition) is 3. The Hall–Kier alpha value is -3.61. The summed E-state index contributed by atoms with van der Waals surface area (Å²) < 4.78 is 38.6. The molecule has 1 aliphatic heterocycles. The van der Waals surface area contributed by atoms with Gasteiger partial charge in [0, 0.05) is 5.69 Å². The zero-order valence-corrected chi connectivity index (χ0v) is 18.5. The lowest BCUT2D eigenvalue weighted by Crippen LogP contribution is -2.29. The van der Waals surface area contributed by atoms with Gasteiger partial charge in [0.25, 0.3) is 11.7 Å². The van der Waals surface area contributed by atoms with Gasteiger partial charge in [-0.2, -0.15) is 13.2 Å². The number of para-hydroxylation sites is 1. The second-order valence-corrected chi connectivity index (χ2v) is 9.07. The molecule has 1 heterocycles. The number of carbonyl (C=O) groups is 2. The topological polar surface area (TPSA) is 49.4 Å². The van der Waals surface area contributed by atoms with Crippen LogP contribution in [0.2, 0.25) is 0 Å². The zero-order valence-electron chi connectivity index (χ0n) is 18.5. The number of halogens is 3. The molecule has 0 radical (unpaired) electrons. The van der Waals surface area contributed by atoms with Crippen LogP contribution in [0, 0.1) is 0 Å². The number of benzene rings is 3. The molecule has 0 aromatic heterocycles. The Kier molecular flexibility index (Phi) is 5.52. The summed E-state index contributed by atoms with van der Waals surface area (Å²) in [5, 5.41) is 3.06. The van der Waals surface area contributed by atoms with Gasteiger partial charge in [-0.1, -0.05) is 51.1 Å². The molecule has 4 rings (SSSR count). The van der Waals surface area contributed by atoms with Crippen LogP contribution in [-0.2, 0) is 22.9 Å². The van der Waals surface area contributed by atoms with Crippen LogP contribution in [0.3, 0.4) is 0 Å². The second-order valence-electron chi connectivity index (χ2n) is 9.07.